The first kappa shape index (κ1) is 23.1. The molecule has 1 aromatic rings. The van der Waals surface area contributed by atoms with Crippen molar-refractivity contribution in [2.75, 3.05) is 61.8 Å². The van der Waals surface area contributed by atoms with Crippen LogP contribution in [0.3, 0.4) is 0 Å². The minimum Gasteiger partial charge on any atom is -0.496 e. The van der Waals surface area contributed by atoms with Gasteiger partial charge in [0.25, 0.3) is 0 Å². The van der Waals surface area contributed by atoms with E-state index < -0.39 is 0 Å². The number of benzene rings is 1. The summed E-state index contributed by atoms with van der Waals surface area (Å²) in [6, 6.07) is 3.71. The van der Waals surface area contributed by atoms with Crippen LogP contribution in [-0.4, -0.2) is 78.8 Å². The Morgan fingerprint density at radius 3 is 2.21 bits per heavy atom. The fourth-order valence-electron chi connectivity index (χ4n) is 3.44. The first-order chi connectivity index (χ1) is 14.2. The van der Waals surface area contributed by atoms with Crippen LogP contribution < -0.4 is 19.5 Å². The number of hydrogen-bond donors (Lipinski definition) is 1. The van der Waals surface area contributed by atoms with Crippen LogP contribution in [0.1, 0.15) is 24.8 Å². The Morgan fingerprint density at radius 2 is 1.69 bits per heavy atom. The highest BCUT2D eigenvalue weighted by Gasteiger charge is 2.22. The minimum absolute atomic E-state index is 0.308. The van der Waals surface area contributed by atoms with E-state index in [4.69, 9.17) is 23.7 Å². The molecule has 8 heteroatoms. The highest BCUT2D eigenvalue weighted by atomic mass is 16.5. The first-order valence-electron chi connectivity index (χ1n) is 10.0. The van der Waals surface area contributed by atoms with E-state index in [1.807, 2.05) is 12.1 Å². The van der Waals surface area contributed by atoms with Gasteiger partial charge >= 0.3 is 0 Å². The van der Waals surface area contributed by atoms with Crippen molar-refractivity contribution in [1.29, 1.82) is 0 Å². The molecule has 1 N–H and O–H groups in total. The SMILES string of the molecule is CN=C(NCc1c(OC)cc(OC)cc1OC)N1CCC(OCCCOC)CC1. The van der Waals surface area contributed by atoms with Gasteiger partial charge in [0.15, 0.2) is 5.96 Å². The molecule has 2 rings (SSSR count). The summed E-state index contributed by atoms with van der Waals surface area (Å²) < 4.78 is 27.4. The van der Waals surface area contributed by atoms with Gasteiger partial charge in [-0.3, -0.25) is 4.99 Å². The van der Waals surface area contributed by atoms with E-state index in [-0.39, 0.29) is 0 Å². The normalized spacial score (nSPS) is 15.3. The van der Waals surface area contributed by atoms with Crippen LogP contribution in [-0.2, 0) is 16.0 Å². The second-order valence-electron chi connectivity index (χ2n) is 6.81. The van der Waals surface area contributed by atoms with Gasteiger partial charge in [-0.1, -0.05) is 0 Å². The second kappa shape index (κ2) is 12.4. The van der Waals surface area contributed by atoms with Gasteiger partial charge in [-0.2, -0.15) is 0 Å². The molecular weight excluding hydrogens is 374 g/mol. The summed E-state index contributed by atoms with van der Waals surface area (Å²) in [5, 5.41) is 3.43. The van der Waals surface area contributed by atoms with E-state index in [1.54, 1.807) is 35.5 Å². The largest absolute Gasteiger partial charge is 0.496 e. The third kappa shape index (κ3) is 6.68. The van der Waals surface area contributed by atoms with E-state index in [9.17, 15) is 0 Å². The average molecular weight is 410 g/mol. The quantitative estimate of drug-likeness (QED) is 0.361. The van der Waals surface area contributed by atoms with Gasteiger partial charge in [-0.05, 0) is 19.3 Å². The Morgan fingerprint density at radius 1 is 1.03 bits per heavy atom. The van der Waals surface area contributed by atoms with Crippen molar-refractivity contribution >= 4 is 5.96 Å². The minimum atomic E-state index is 0.308. The van der Waals surface area contributed by atoms with Gasteiger partial charge < -0.3 is 33.9 Å². The van der Waals surface area contributed by atoms with Crippen molar-refractivity contribution in [3.05, 3.63) is 17.7 Å². The molecule has 8 nitrogen and oxygen atoms in total. The number of methoxy groups -OCH3 is 4. The van der Waals surface area contributed by atoms with Crippen LogP contribution >= 0.6 is 0 Å². The number of nitrogens with zero attached hydrogens (tertiary/aromatic N) is 2. The smallest absolute Gasteiger partial charge is 0.193 e. The molecule has 0 atom stereocenters. The standard InChI is InChI=1S/C21H35N3O5/c1-22-21(24-9-7-16(8-10-24)29-12-6-11-25-2)23-15-18-19(27-4)13-17(26-3)14-20(18)28-5/h13-14,16H,6-12,15H2,1-5H3,(H,22,23). The van der Waals surface area contributed by atoms with Gasteiger partial charge in [-0.25, -0.2) is 0 Å². The third-order valence-electron chi connectivity index (χ3n) is 5.04. The molecule has 1 fully saturated rings. The fourth-order valence-corrected chi connectivity index (χ4v) is 3.44. The number of piperidine rings is 1. The predicted octanol–water partition coefficient (Wildman–Crippen LogP) is 2.31. The van der Waals surface area contributed by atoms with Gasteiger partial charge in [0.05, 0.1) is 39.5 Å². The van der Waals surface area contributed by atoms with E-state index in [1.165, 1.54) is 0 Å². The lowest BCUT2D eigenvalue weighted by atomic mass is 10.1. The Kier molecular flexibility index (Phi) is 9.87. The van der Waals surface area contributed by atoms with Crippen LogP contribution in [0.4, 0.5) is 0 Å². The molecule has 1 heterocycles. The number of guanidine groups is 1. The van der Waals surface area contributed by atoms with Gasteiger partial charge in [0.2, 0.25) is 0 Å². The lowest BCUT2D eigenvalue weighted by Crippen LogP contribution is -2.46. The molecule has 1 saturated heterocycles. The van der Waals surface area contributed by atoms with Crippen molar-refractivity contribution in [2.24, 2.45) is 4.99 Å². The first-order valence-corrected chi connectivity index (χ1v) is 10.0. The fraction of sp³-hybridized carbons (Fsp3) is 0.667. The van der Waals surface area contributed by atoms with Gasteiger partial charge in [-0.15, -0.1) is 0 Å². The zero-order chi connectivity index (χ0) is 21.1. The summed E-state index contributed by atoms with van der Waals surface area (Å²) in [5.41, 5.74) is 0.924. The lowest BCUT2D eigenvalue weighted by Gasteiger charge is -2.34. The molecule has 29 heavy (non-hydrogen) atoms. The molecular formula is C21H35N3O5. The molecule has 0 aromatic heterocycles. The maximum absolute atomic E-state index is 5.95. The summed E-state index contributed by atoms with van der Waals surface area (Å²) in [6.07, 6.45) is 3.22. The van der Waals surface area contributed by atoms with E-state index in [2.05, 4.69) is 15.2 Å². The molecule has 1 aliphatic rings. The van der Waals surface area contributed by atoms with Crippen molar-refractivity contribution < 1.29 is 23.7 Å². The summed E-state index contributed by atoms with van der Waals surface area (Å²) in [5.74, 6) is 2.99. The molecule has 0 aliphatic carbocycles. The van der Waals surface area contributed by atoms with Crippen molar-refractivity contribution in [3.63, 3.8) is 0 Å². The maximum Gasteiger partial charge on any atom is 0.193 e. The van der Waals surface area contributed by atoms with Crippen LogP contribution in [0.25, 0.3) is 0 Å². The molecule has 0 amide bonds. The monoisotopic (exact) mass is 409 g/mol. The van der Waals surface area contributed by atoms with Crippen LogP contribution in [0.15, 0.2) is 17.1 Å². The van der Waals surface area contributed by atoms with Crippen molar-refractivity contribution in [2.45, 2.75) is 31.9 Å². The number of nitrogens with one attached hydrogen (secondary N) is 1. The Labute approximate surface area is 174 Å². The van der Waals surface area contributed by atoms with E-state index >= 15 is 0 Å². The number of rotatable bonds is 10. The molecule has 0 spiro atoms. The summed E-state index contributed by atoms with van der Waals surface area (Å²) in [6.45, 7) is 3.85. The van der Waals surface area contributed by atoms with Crippen LogP contribution in [0, 0.1) is 0 Å². The molecule has 1 aromatic carbocycles. The van der Waals surface area contributed by atoms with Gasteiger partial charge in [0, 0.05) is 52.6 Å². The molecule has 1 aliphatic heterocycles. The molecule has 0 radical (unpaired) electrons. The Hall–Kier alpha value is -2.19. The Balaban J connectivity index is 1.92. The molecule has 0 unspecified atom stereocenters. The average Bonchev–Trinajstić information content (AvgIpc) is 2.77. The summed E-state index contributed by atoms with van der Waals surface area (Å²) >= 11 is 0. The number of likely N-dealkylation sites (tertiary alicyclic amines) is 1. The lowest BCUT2D eigenvalue weighted by molar-refractivity contribution is 0.00989. The summed E-state index contributed by atoms with van der Waals surface area (Å²) in [7, 11) is 8.43. The number of ether oxygens (including phenoxy) is 5. The maximum atomic E-state index is 5.95. The van der Waals surface area contributed by atoms with E-state index in [0.717, 1.165) is 57.1 Å². The van der Waals surface area contributed by atoms with Crippen molar-refractivity contribution in [3.8, 4) is 17.2 Å². The van der Waals surface area contributed by atoms with Crippen LogP contribution in [0.5, 0.6) is 17.2 Å². The number of hydrogen-bond acceptors (Lipinski definition) is 6. The molecule has 0 bridgehead atoms. The molecule has 164 valence electrons. The summed E-state index contributed by atoms with van der Waals surface area (Å²) in [4.78, 5) is 6.71. The molecule has 0 saturated carbocycles. The number of aliphatic imine (C=N–C) groups is 1. The van der Waals surface area contributed by atoms with Crippen molar-refractivity contribution in [1.82, 2.24) is 10.2 Å². The third-order valence-corrected chi connectivity index (χ3v) is 5.04. The highest BCUT2D eigenvalue weighted by Crippen LogP contribution is 2.33. The Bertz CT molecular complexity index is 620. The topological polar surface area (TPSA) is 73.8 Å². The van der Waals surface area contributed by atoms with Gasteiger partial charge in [0.1, 0.15) is 17.2 Å². The second-order valence-corrected chi connectivity index (χ2v) is 6.81. The van der Waals surface area contributed by atoms with Crippen LogP contribution in [0.2, 0.25) is 0 Å². The van der Waals surface area contributed by atoms with E-state index in [0.29, 0.717) is 29.9 Å². The zero-order valence-corrected chi connectivity index (χ0v) is 18.3. The highest BCUT2D eigenvalue weighted by molar-refractivity contribution is 5.80. The zero-order valence-electron chi connectivity index (χ0n) is 18.3. The predicted molar refractivity (Wildman–Crippen MR) is 113 cm³/mol.